The summed E-state index contributed by atoms with van der Waals surface area (Å²) in [6.07, 6.45) is 0.904. The largest absolute Gasteiger partial charge is 0.481 e. The molecule has 1 fully saturated rings. The fraction of sp³-hybridized carbons (Fsp3) is 0.467. The van der Waals surface area contributed by atoms with Gasteiger partial charge in [-0.25, -0.2) is 9.18 Å². The minimum Gasteiger partial charge on any atom is -0.481 e. The van der Waals surface area contributed by atoms with Crippen molar-refractivity contribution in [1.82, 2.24) is 4.90 Å². The zero-order valence-corrected chi connectivity index (χ0v) is 12.1. The smallest absolute Gasteiger partial charge is 0.322 e. The SMILES string of the molecule is Cc1cc(NC(=O)N2CCC(C(=O)O)CC2C)ccc1F. The maximum Gasteiger partial charge on any atom is 0.322 e. The van der Waals surface area contributed by atoms with Gasteiger partial charge in [-0.05, 0) is 50.5 Å². The van der Waals surface area contributed by atoms with Gasteiger partial charge in [0.1, 0.15) is 5.82 Å². The van der Waals surface area contributed by atoms with Gasteiger partial charge >= 0.3 is 12.0 Å². The van der Waals surface area contributed by atoms with Crippen molar-refractivity contribution < 1.29 is 19.1 Å². The zero-order chi connectivity index (χ0) is 15.6. The number of halogens is 1. The first-order valence-electron chi connectivity index (χ1n) is 6.95. The van der Waals surface area contributed by atoms with E-state index in [1.165, 1.54) is 12.1 Å². The Morgan fingerprint density at radius 3 is 2.71 bits per heavy atom. The molecule has 0 aromatic heterocycles. The van der Waals surface area contributed by atoms with Crippen LogP contribution in [0.15, 0.2) is 18.2 Å². The van der Waals surface area contributed by atoms with Gasteiger partial charge in [-0.3, -0.25) is 4.79 Å². The van der Waals surface area contributed by atoms with Crippen molar-refractivity contribution >= 4 is 17.7 Å². The number of nitrogens with zero attached hydrogens (tertiary/aromatic N) is 1. The standard InChI is InChI=1S/C15H19FN2O3/c1-9-7-12(3-4-13(9)16)17-15(21)18-6-5-11(14(19)20)8-10(18)2/h3-4,7,10-11H,5-6,8H2,1-2H3,(H,17,21)(H,19,20). The third-order valence-corrected chi connectivity index (χ3v) is 3.90. The maximum absolute atomic E-state index is 13.2. The number of amides is 2. The molecule has 2 unspecified atom stereocenters. The molecule has 114 valence electrons. The summed E-state index contributed by atoms with van der Waals surface area (Å²) in [5.74, 6) is -1.52. The number of urea groups is 1. The predicted octanol–water partition coefficient (Wildman–Crippen LogP) is 2.85. The van der Waals surface area contributed by atoms with E-state index in [9.17, 15) is 14.0 Å². The summed E-state index contributed by atoms with van der Waals surface area (Å²) in [6, 6.07) is 3.97. The van der Waals surface area contributed by atoms with E-state index in [4.69, 9.17) is 5.11 Å². The molecule has 1 aromatic carbocycles. The van der Waals surface area contributed by atoms with E-state index in [1.807, 2.05) is 6.92 Å². The molecular weight excluding hydrogens is 275 g/mol. The minimum atomic E-state index is -0.809. The van der Waals surface area contributed by atoms with Gasteiger partial charge < -0.3 is 15.3 Å². The first-order valence-corrected chi connectivity index (χ1v) is 6.95. The minimum absolute atomic E-state index is 0.138. The molecule has 1 aliphatic rings. The summed E-state index contributed by atoms with van der Waals surface area (Å²) in [5, 5.41) is 11.7. The van der Waals surface area contributed by atoms with E-state index in [2.05, 4.69) is 5.32 Å². The molecule has 1 heterocycles. The van der Waals surface area contributed by atoms with Crippen LogP contribution in [0.5, 0.6) is 0 Å². The maximum atomic E-state index is 13.2. The number of hydrogen-bond donors (Lipinski definition) is 2. The van der Waals surface area contributed by atoms with Crippen LogP contribution in [-0.2, 0) is 4.79 Å². The zero-order valence-electron chi connectivity index (χ0n) is 12.1. The number of aryl methyl sites for hydroxylation is 1. The number of carbonyl (C=O) groups excluding carboxylic acids is 1. The molecule has 0 spiro atoms. The molecule has 0 bridgehead atoms. The number of likely N-dealkylation sites (tertiary alicyclic amines) is 1. The molecular formula is C15H19FN2O3. The summed E-state index contributed by atoms with van der Waals surface area (Å²) >= 11 is 0. The number of hydrogen-bond acceptors (Lipinski definition) is 2. The molecule has 2 amide bonds. The normalized spacial score (nSPS) is 22.0. The van der Waals surface area contributed by atoms with E-state index >= 15 is 0 Å². The molecule has 6 heteroatoms. The Morgan fingerprint density at radius 2 is 2.14 bits per heavy atom. The topological polar surface area (TPSA) is 69.6 Å². The summed E-state index contributed by atoms with van der Waals surface area (Å²) in [6.45, 7) is 3.88. The van der Waals surface area contributed by atoms with Crippen molar-refractivity contribution in [1.29, 1.82) is 0 Å². The molecule has 2 N–H and O–H groups in total. The molecule has 1 aliphatic heterocycles. The number of benzene rings is 1. The van der Waals surface area contributed by atoms with Gasteiger partial charge in [0.05, 0.1) is 5.92 Å². The van der Waals surface area contributed by atoms with Crippen LogP contribution < -0.4 is 5.32 Å². The van der Waals surface area contributed by atoms with Gasteiger partial charge in [-0.1, -0.05) is 0 Å². The fourth-order valence-electron chi connectivity index (χ4n) is 2.62. The Balaban J connectivity index is 2.00. The van der Waals surface area contributed by atoms with Crippen LogP contribution in [0.25, 0.3) is 0 Å². The molecule has 21 heavy (non-hydrogen) atoms. The number of carbonyl (C=O) groups is 2. The van der Waals surface area contributed by atoms with Gasteiger partial charge in [0.2, 0.25) is 0 Å². The Bertz CT molecular complexity index is 562. The first kappa shape index (κ1) is 15.3. The van der Waals surface area contributed by atoms with Crippen LogP contribution in [0.2, 0.25) is 0 Å². The number of carboxylic acids is 1. The molecule has 1 saturated heterocycles. The average molecular weight is 294 g/mol. The number of rotatable bonds is 2. The highest BCUT2D eigenvalue weighted by atomic mass is 19.1. The van der Waals surface area contributed by atoms with E-state index < -0.39 is 11.9 Å². The lowest BCUT2D eigenvalue weighted by Gasteiger charge is -2.36. The molecule has 0 radical (unpaired) electrons. The van der Waals surface area contributed by atoms with Gasteiger partial charge in [0.25, 0.3) is 0 Å². The van der Waals surface area contributed by atoms with Crippen molar-refractivity contribution in [2.75, 3.05) is 11.9 Å². The fourth-order valence-corrected chi connectivity index (χ4v) is 2.62. The van der Waals surface area contributed by atoms with Crippen molar-refractivity contribution in [2.24, 2.45) is 5.92 Å². The summed E-state index contributed by atoms with van der Waals surface area (Å²) in [5.41, 5.74) is 0.997. The quantitative estimate of drug-likeness (QED) is 0.881. The van der Waals surface area contributed by atoms with E-state index in [1.54, 1.807) is 17.9 Å². The van der Waals surface area contributed by atoms with Crippen molar-refractivity contribution in [3.05, 3.63) is 29.6 Å². The van der Waals surface area contributed by atoms with Gasteiger partial charge in [0.15, 0.2) is 0 Å². The average Bonchev–Trinajstić information content (AvgIpc) is 2.42. The lowest BCUT2D eigenvalue weighted by Crippen LogP contribution is -2.47. The van der Waals surface area contributed by atoms with Crippen LogP contribution in [0.3, 0.4) is 0 Å². The lowest BCUT2D eigenvalue weighted by molar-refractivity contribution is -0.143. The number of carboxylic acid groups (broad SMARTS) is 1. The third kappa shape index (κ3) is 3.51. The van der Waals surface area contributed by atoms with Crippen LogP contribution in [0.1, 0.15) is 25.3 Å². The molecule has 2 atom stereocenters. The van der Waals surface area contributed by atoms with Gasteiger partial charge in [-0.2, -0.15) is 0 Å². The second kappa shape index (κ2) is 6.11. The monoisotopic (exact) mass is 294 g/mol. The third-order valence-electron chi connectivity index (χ3n) is 3.90. The highest BCUT2D eigenvalue weighted by Gasteiger charge is 2.32. The summed E-state index contributed by atoms with van der Waals surface area (Å²) in [4.78, 5) is 24.8. The first-order chi connectivity index (χ1) is 9.88. The number of anilines is 1. The second-order valence-corrected chi connectivity index (χ2v) is 5.50. The van der Waals surface area contributed by atoms with E-state index in [0.29, 0.717) is 30.6 Å². The van der Waals surface area contributed by atoms with Crippen molar-refractivity contribution in [3.63, 3.8) is 0 Å². The van der Waals surface area contributed by atoms with E-state index in [0.717, 1.165) is 0 Å². The number of piperidine rings is 1. The second-order valence-electron chi connectivity index (χ2n) is 5.50. The Labute approximate surface area is 122 Å². The summed E-state index contributed by atoms with van der Waals surface area (Å²) < 4.78 is 13.2. The number of nitrogens with one attached hydrogen (secondary N) is 1. The van der Waals surface area contributed by atoms with Crippen molar-refractivity contribution in [3.8, 4) is 0 Å². The van der Waals surface area contributed by atoms with Crippen LogP contribution >= 0.6 is 0 Å². The van der Waals surface area contributed by atoms with Crippen LogP contribution in [-0.4, -0.2) is 34.6 Å². The Kier molecular flexibility index (Phi) is 4.45. The van der Waals surface area contributed by atoms with Crippen molar-refractivity contribution in [2.45, 2.75) is 32.7 Å². The predicted molar refractivity (Wildman–Crippen MR) is 76.7 cm³/mol. The summed E-state index contributed by atoms with van der Waals surface area (Å²) in [7, 11) is 0. The van der Waals surface area contributed by atoms with Gasteiger partial charge in [-0.15, -0.1) is 0 Å². The number of aliphatic carboxylic acids is 1. The van der Waals surface area contributed by atoms with Crippen LogP contribution in [0, 0.1) is 18.7 Å². The highest BCUT2D eigenvalue weighted by Crippen LogP contribution is 2.24. The molecule has 2 rings (SSSR count). The molecule has 5 nitrogen and oxygen atoms in total. The Morgan fingerprint density at radius 1 is 1.43 bits per heavy atom. The van der Waals surface area contributed by atoms with Gasteiger partial charge in [0, 0.05) is 18.3 Å². The molecule has 0 saturated carbocycles. The van der Waals surface area contributed by atoms with Crippen LogP contribution in [0.4, 0.5) is 14.9 Å². The highest BCUT2D eigenvalue weighted by molar-refractivity contribution is 5.89. The molecule has 0 aliphatic carbocycles. The Hall–Kier alpha value is -2.11. The lowest BCUT2D eigenvalue weighted by atomic mass is 9.92. The molecule has 1 aromatic rings. The van der Waals surface area contributed by atoms with E-state index in [-0.39, 0.29) is 17.9 Å².